The fourth-order valence-corrected chi connectivity index (χ4v) is 4.10. The SMILES string of the molecule is CN=C(NCc1ncccc1C)N1CCN(Cc2ccc(Cl)s2)CC1. The lowest BCUT2D eigenvalue weighted by molar-refractivity contribution is 0.173. The number of hydrogen-bond donors (Lipinski definition) is 1. The Morgan fingerprint density at radius 2 is 2.08 bits per heavy atom. The van der Waals surface area contributed by atoms with Crippen LogP contribution in [0.5, 0.6) is 0 Å². The number of aryl methyl sites for hydroxylation is 1. The lowest BCUT2D eigenvalue weighted by Gasteiger charge is -2.36. The van der Waals surface area contributed by atoms with Gasteiger partial charge in [0.15, 0.2) is 5.96 Å². The topological polar surface area (TPSA) is 43.8 Å². The number of thiophene rings is 1. The Bertz CT molecular complexity index is 722. The zero-order valence-electron chi connectivity index (χ0n) is 14.7. The van der Waals surface area contributed by atoms with Crippen molar-refractivity contribution in [1.29, 1.82) is 0 Å². The molecule has 134 valence electrons. The molecule has 25 heavy (non-hydrogen) atoms. The summed E-state index contributed by atoms with van der Waals surface area (Å²) in [6.07, 6.45) is 1.84. The fourth-order valence-electron chi connectivity index (χ4n) is 2.97. The second-order valence-corrected chi connectivity index (χ2v) is 7.94. The third kappa shape index (κ3) is 4.93. The van der Waals surface area contributed by atoms with Crippen molar-refractivity contribution in [2.75, 3.05) is 33.2 Å². The predicted octanol–water partition coefficient (Wildman–Crippen LogP) is 3.00. The number of guanidine groups is 1. The van der Waals surface area contributed by atoms with Crippen LogP contribution in [0.25, 0.3) is 0 Å². The van der Waals surface area contributed by atoms with Gasteiger partial charge in [-0.3, -0.25) is 14.9 Å². The second-order valence-electron chi connectivity index (χ2n) is 6.14. The molecular formula is C18H24ClN5S. The van der Waals surface area contributed by atoms with Gasteiger partial charge in [0, 0.05) is 50.8 Å². The number of piperazine rings is 1. The smallest absolute Gasteiger partial charge is 0.194 e. The summed E-state index contributed by atoms with van der Waals surface area (Å²) in [6, 6.07) is 8.15. The van der Waals surface area contributed by atoms with Crippen molar-refractivity contribution in [1.82, 2.24) is 20.1 Å². The quantitative estimate of drug-likeness (QED) is 0.657. The summed E-state index contributed by atoms with van der Waals surface area (Å²) in [5.74, 6) is 0.948. The first-order valence-electron chi connectivity index (χ1n) is 8.48. The van der Waals surface area contributed by atoms with Crippen LogP contribution in [0.4, 0.5) is 0 Å². The highest BCUT2D eigenvalue weighted by atomic mass is 35.5. The summed E-state index contributed by atoms with van der Waals surface area (Å²) in [4.78, 5) is 15.0. The van der Waals surface area contributed by atoms with Crippen molar-refractivity contribution in [3.05, 3.63) is 50.9 Å². The van der Waals surface area contributed by atoms with E-state index >= 15 is 0 Å². The number of aromatic nitrogens is 1. The highest BCUT2D eigenvalue weighted by Crippen LogP contribution is 2.23. The highest BCUT2D eigenvalue weighted by molar-refractivity contribution is 7.16. The number of halogens is 1. The van der Waals surface area contributed by atoms with Crippen LogP contribution in [0.2, 0.25) is 4.34 Å². The molecule has 0 atom stereocenters. The number of nitrogens with zero attached hydrogens (tertiary/aromatic N) is 4. The van der Waals surface area contributed by atoms with Gasteiger partial charge in [-0.25, -0.2) is 0 Å². The van der Waals surface area contributed by atoms with Crippen LogP contribution >= 0.6 is 22.9 Å². The molecule has 0 aliphatic carbocycles. The molecule has 1 fully saturated rings. The maximum Gasteiger partial charge on any atom is 0.194 e. The molecule has 3 heterocycles. The number of hydrogen-bond acceptors (Lipinski definition) is 4. The van der Waals surface area contributed by atoms with Gasteiger partial charge in [-0.05, 0) is 30.7 Å². The van der Waals surface area contributed by atoms with E-state index in [-0.39, 0.29) is 0 Å². The first-order valence-corrected chi connectivity index (χ1v) is 9.68. The van der Waals surface area contributed by atoms with Crippen molar-refractivity contribution in [3.63, 3.8) is 0 Å². The molecule has 0 radical (unpaired) electrons. The van der Waals surface area contributed by atoms with Crippen molar-refractivity contribution in [2.45, 2.75) is 20.0 Å². The van der Waals surface area contributed by atoms with E-state index in [1.807, 2.05) is 25.4 Å². The summed E-state index contributed by atoms with van der Waals surface area (Å²) in [6.45, 7) is 7.76. The van der Waals surface area contributed by atoms with Gasteiger partial charge in [0.1, 0.15) is 0 Å². The monoisotopic (exact) mass is 377 g/mol. The molecule has 1 N–H and O–H groups in total. The van der Waals surface area contributed by atoms with Crippen molar-refractivity contribution in [3.8, 4) is 0 Å². The molecule has 0 spiro atoms. The zero-order valence-corrected chi connectivity index (χ0v) is 16.3. The van der Waals surface area contributed by atoms with E-state index in [1.54, 1.807) is 11.3 Å². The van der Waals surface area contributed by atoms with Gasteiger partial charge in [-0.1, -0.05) is 17.7 Å². The molecule has 3 rings (SSSR count). The molecule has 0 aromatic carbocycles. The summed E-state index contributed by atoms with van der Waals surface area (Å²) in [5.41, 5.74) is 2.27. The van der Waals surface area contributed by atoms with Crippen LogP contribution in [0.15, 0.2) is 35.5 Å². The molecule has 0 amide bonds. The highest BCUT2D eigenvalue weighted by Gasteiger charge is 2.20. The minimum absolute atomic E-state index is 0.702. The largest absolute Gasteiger partial charge is 0.351 e. The Kier molecular flexibility index (Phi) is 6.29. The maximum absolute atomic E-state index is 6.02. The molecule has 5 nitrogen and oxygen atoms in total. The van der Waals surface area contributed by atoms with Crippen molar-refractivity contribution in [2.24, 2.45) is 4.99 Å². The Labute approximate surface area is 158 Å². The van der Waals surface area contributed by atoms with Gasteiger partial charge in [0.25, 0.3) is 0 Å². The average molecular weight is 378 g/mol. The van der Waals surface area contributed by atoms with E-state index in [0.29, 0.717) is 6.54 Å². The number of pyridine rings is 1. The molecule has 1 saturated heterocycles. The van der Waals surface area contributed by atoms with Crippen LogP contribution in [-0.4, -0.2) is 54.0 Å². The second kappa shape index (κ2) is 8.65. The van der Waals surface area contributed by atoms with Gasteiger partial charge in [-0.15, -0.1) is 11.3 Å². The Morgan fingerprint density at radius 1 is 1.28 bits per heavy atom. The molecule has 2 aromatic heterocycles. The zero-order chi connectivity index (χ0) is 17.6. The van der Waals surface area contributed by atoms with Crippen LogP contribution in [0.1, 0.15) is 16.1 Å². The van der Waals surface area contributed by atoms with Crippen LogP contribution in [0, 0.1) is 6.92 Å². The van der Waals surface area contributed by atoms with Gasteiger partial charge in [0.05, 0.1) is 16.6 Å². The Balaban J connectivity index is 1.49. The van der Waals surface area contributed by atoms with Gasteiger partial charge in [0.2, 0.25) is 0 Å². The molecule has 2 aromatic rings. The Hall–Kier alpha value is -1.63. The number of nitrogens with one attached hydrogen (secondary N) is 1. The number of rotatable bonds is 4. The van der Waals surface area contributed by atoms with Crippen molar-refractivity contribution < 1.29 is 0 Å². The molecule has 0 saturated carbocycles. The van der Waals surface area contributed by atoms with E-state index in [0.717, 1.165) is 48.7 Å². The first-order chi connectivity index (χ1) is 12.2. The molecule has 1 aliphatic heterocycles. The van der Waals surface area contributed by atoms with E-state index in [9.17, 15) is 0 Å². The lowest BCUT2D eigenvalue weighted by atomic mass is 10.2. The van der Waals surface area contributed by atoms with E-state index in [1.165, 1.54) is 10.4 Å². The standard InChI is InChI=1S/C18H24ClN5S/c1-14-4-3-7-21-16(14)12-22-18(20-2)24-10-8-23(9-11-24)13-15-5-6-17(19)25-15/h3-7H,8-13H2,1-2H3,(H,20,22). The van der Waals surface area contributed by atoms with Crippen LogP contribution < -0.4 is 5.32 Å². The Morgan fingerprint density at radius 3 is 2.72 bits per heavy atom. The van der Waals surface area contributed by atoms with E-state index < -0.39 is 0 Å². The van der Waals surface area contributed by atoms with E-state index in [2.05, 4.69) is 44.1 Å². The molecular weight excluding hydrogens is 354 g/mol. The van der Waals surface area contributed by atoms with Gasteiger partial charge in [-0.2, -0.15) is 0 Å². The first kappa shape index (κ1) is 18.2. The third-order valence-electron chi connectivity index (χ3n) is 4.42. The summed E-state index contributed by atoms with van der Waals surface area (Å²) in [7, 11) is 1.84. The predicted molar refractivity (Wildman–Crippen MR) is 105 cm³/mol. The van der Waals surface area contributed by atoms with Gasteiger partial charge < -0.3 is 10.2 Å². The number of aliphatic imine (C=N–C) groups is 1. The summed E-state index contributed by atoms with van der Waals surface area (Å²) >= 11 is 7.69. The third-order valence-corrected chi connectivity index (χ3v) is 5.64. The molecule has 0 bridgehead atoms. The van der Waals surface area contributed by atoms with E-state index in [4.69, 9.17) is 11.6 Å². The maximum atomic E-state index is 6.02. The fraction of sp³-hybridized carbons (Fsp3) is 0.444. The normalized spacial score (nSPS) is 16.3. The van der Waals surface area contributed by atoms with Crippen LogP contribution in [0.3, 0.4) is 0 Å². The summed E-state index contributed by atoms with van der Waals surface area (Å²) in [5, 5.41) is 3.44. The minimum Gasteiger partial charge on any atom is -0.351 e. The average Bonchev–Trinajstić information content (AvgIpc) is 3.03. The lowest BCUT2D eigenvalue weighted by Crippen LogP contribution is -2.52. The van der Waals surface area contributed by atoms with Crippen molar-refractivity contribution >= 4 is 28.9 Å². The molecule has 7 heteroatoms. The molecule has 1 aliphatic rings. The van der Waals surface area contributed by atoms with Gasteiger partial charge >= 0.3 is 0 Å². The molecule has 0 unspecified atom stereocenters. The summed E-state index contributed by atoms with van der Waals surface area (Å²) < 4.78 is 0.864. The minimum atomic E-state index is 0.702. The van der Waals surface area contributed by atoms with Crippen LogP contribution in [-0.2, 0) is 13.1 Å².